The SMILES string of the molecule is Cc1nnn(C)c1-c1cnc2c3ccc(C(C)(C)O)cc3n(C(c3ccccc3)C3CCOCC3)c2c1. The van der Waals surface area contributed by atoms with E-state index >= 15 is 0 Å². The van der Waals surface area contributed by atoms with E-state index in [0.717, 1.165) is 70.5 Å². The number of aromatic nitrogens is 5. The maximum atomic E-state index is 10.9. The van der Waals surface area contributed by atoms with E-state index in [2.05, 4.69) is 63.4 Å². The fraction of sp³-hybridized carbons (Fsp3) is 0.367. The summed E-state index contributed by atoms with van der Waals surface area (Å²) in [5, 5.41) is 20.5. The summed E-state index contributed by atoms with van der Waals surface area (Å²) in [7, 11) is 1.92. The van der Waals surface area contributed by atoms with E-state index in [-0.39, 0.29) is 6.04 Å². The smallest absolute Gasteiger partial charge is 0.0960 e. The molecule has 1 atom stereocenters. The quantitative estimate of drug-likeness (QED) is 0.347. The number of fused-ring (bicyclic) bond motifs is 3. The second kappa shape index (κ2) is 9.08. The van der Waals surface area contributed by atoms with Crippen molar-refractivity contribution in [3.63, 3.8) is 0 Å². The Labute approximate surface area is 216 Å². The molecule has 1 saturated heterocycles. The van der Waals surface area contributed by atoms with Gasteiger partial charge in [0.05, 0.1) is 39.6 Å². The zero-order valence-electron chi connectivity index (χ0n) is 21.8. The number of aliphatic hydroxyl groups is 1. The van der Waals surface area contributed by atoms with E-state index < -0.39 is 5.60 Å². The number of rotatable bonds is 5. The molecule has 37 heavy (non-hydrogen) atoms. The van der Waals surface area contributed by atoms with Crippen LogP contribution in [0.5, 0.6) is 0 Å². The number of nitrogens with zero attached hydrogens (tertiary/aromatic N) is 5. The molecule has 3 aromatic heterocycles. The van der Waals surface area contributed by atoms with Gasteiger partial charge in [-0.1, -0.05) is 47.7 Å². The van der Waals surface area contributed by atoms with Gasteiger partial charge in [-0.2, -0.15) is 0 Å². The third-order valence-corrected chi connectivity index (χ3v) is 7.75. The van der Waals surface area contributed by atoms with E-state index in [9.17, 15) is 5.11 Å². The van der Waals surface area contributed by atoms with Gasteiger partial charge in [0, 0.05) is 37.4 Å². The number of hydrogen-bond acceptors (Lipinski definition) is 5. The van der Waals surface area contributed by atoms with Crippen molar-refractivity contribution < 1.29 is 9.84 Å². The van der Waals surface area contributed by atoms with Gasteiger partial charge in [-0.05, 0) is 62.8 Å². The van der Waals surface area contributed by atoms with Crippen LogP contribution in [-0.2, 0) is 17.4 Å². The predicted molar refractivity (Wildman–Crippen MR) is 145 cm³/mol. The molecule has 0 amide bonds. The van der Waals surface area contributed by atoms with Crippen LogP contribution in [0.2, 0.25) is 0 Å². The maximum absolute atomic E-state index is 10.9. The van der Waals surface area contributed by atoms with Gasteiger partial charge in [0.25, 0.3) is 0 Å². The monoisotopic (exact) mass is 495 g/mol. The van der Waals surface area contributed by atoms with Crippen LogP contribution in [0.25, 0.3) is 33.2 Å². The van der Waals surface area contributed by atoms with Crippen LogP contribution in [0.4, 0.5) is 0 Å². The zero-order chi connectivity index (χ0) is 25.7. The first-order valence-electron chi connectivity index (χ1n) is 13.0. The lowest BCUT2D eigenvalue weighted by atomic mass is 9.86. The highest BCUT2D eigenvalue weighted by molar-refractivity contribution is 6.07. The summed E-state index contributed by atoms with van der Waals surface area (Å²) >= 11 is 0. The number of benzene rings is 2. The summed E-state index contributed by atoms with van der Waals surface area (Å²) in [6.07, 6.45) is 3.90. The van der Waals surface area contributed by atoms with Gasteiger partial charge in [0.2, 0.25) is 0 Å². The van der Waals surface area contributed by atoms with Crippen LogP contribution < -0.4 is 0 Å². The Bertz CT molecular complexity index is 1550. The molecule has 0 aliphatic carbocycles. The fourth-order valence-electron chi connectivity index (χ4n) is 5.88. The number of ether oxygens (including phenoxy) is 1. The molecule has 2 aromatic carbocycles. The molecule has 6 rings (SSSR count). The van der Waals surface area contributed by atoms with Crippen LogP contribution >= 0.6 is 0 Å². The van der Waals surface area contributed by atoms with Crippen molar-refractivity contribution in [2.75, 3.05) is 13.2 Å². The van der Waals surface area contributed by atoms with Crippen LogP contribution in [0.3, 0.4) is 0 Å². The Morgan fingerprint density at radius 2 is 1.78 bits per heavy atom. The van der Waals surface area contributed by atoms with Gasteiger partial charge in [-0.15, -0.1) is 5.10 Å². The zero-order valence-corrected chi connectivity index (χ0v) is 21.8. The minimum Gasteiger partial charge on any atom is -0.386 e. The average molecular weight is 496 g/mol. The average Bonchev–Trinajstić information content (AvgIpc) is 3.40. The molecular formula is C30H33N5O2. The molecule has 0 saturated carbocycles. The number of aryl methyl sites for hydroxylation is 2. The molecule has 1 fully saturated rings. The van der Waals surface area contributed by atoms with Crippen LogP contribution in [-0.4, -0.2) is 42.9 Å². The van der Waals surface area contributed by atoms with Crippen molar-refractivity contribution in [2.45, 2.75) is 45.3 Å². The van der Waals surface area contributed by atoms with Crippen molar-refractivity contribution in [3.05, 3.63) is 77.6 Å². The highest BCUT2D eigenvalue weighted by Gasteiger charge is 2.31. The van der Waals surface area contributed by atoms with E-state index in [1.165, 1.54) is 5.56 Å². The molecule has 7 nitrogen and oxygen atoms in total. The van der Waals surface area contributed by atoms with Crippen molar-refractivity contribution >= 4 is 21.9 Å². The van der Waals surface area contributed by atoms with Crippen LogP contribution in [0.1, 0.15) is 49.6 Å². The van der Waals surface area contributed by atoms with Crippen molar-refractivity contribution in [1.82, 2.24) is 24.5 Å². The summed E-state index contributed by atoms with van der Waals surface area (Å²) in [5.41, 5.74) is 7.14. The molecular weight excluding hydrogens is 462 g/mol. The molecule has 1 aliphatic rings. The van der Waals surface area contributed by atoms with Crippen molar-refractivity contribution in [2.24, 2.45) is 13.0 Å². The minimum atomic E-state index is -0.952. The van der Waals surface area contributed by atoms with Crippen LogP contribution in [0, 0.1) is 12.8 Å². The topological polar surface area (TPSA) is 78.0 Å². The van der Waals surface area contributed by atoms with E-state index in [4.69, 9.17) is 9.72 Å². The molecule has 1 aliphatic heterocycles. The third kappa shape index (κ3) is 4.12. The van der Waals surface area contributed by atoms with Gasteiger partial charge in [-0.25, -0.2) is 4.68 Å². The molecule has 4 heterocycles. The van der Waals surface area contributed by atoms with Crippen LogP contribution in [0.15, 0.2) is 60.8 Å². The van der Waals surface area contributed by atoms with E-state index in [1.807, 2.05) is 44.8 Å². The first-order valence-corrected chi connectivity index (χ1v) is 13.0. The van der Waals surface area contributed by atoms with Gasteiger partial charge in [0.1, 0.15) is 0 Å². The second-order valence-corrected chi connectivity index (χ2v) is 10.7. The fourth-order valence-corrected chi connectivity index (χ4v) is 5.88. The molecule has 1 N–H and O–H groups in total. The van der Waals surface area contributed by atoms with E-state index in [0.29, 0.717) is 5.92 Å². The molecule has 0 radical (unpaired) electrons. The van der Waals surface area contributed by atoms with E-state index in [1.54, 1.807) is 0 Å². The minimum absolute atomic E-state index is 0.102. The molecule has 190 valence electrons. The van der Waals surface area contributed by atoms with Crippen molar-refractivity contribution in [1.29, 1.82) is 0 Å². The standard InChI is InChI=1S/C30H33N5O2/c1-19-28(34(4)33-32-19)22-16-26-27(31-18-22)24-11-10-23(30(2,3)36)17-25(24)35(26)29(20-8-6-5-7-9-20)21-12-14-37-15-13-21/h5-11,16-18,21,29,36H,12-15H2,1-4H3. The maximum Gasteiger partial charge on any atom is 0.0960 e. The summed E-state index contributed by atoms with van der Waals surface area (Å²) in [6, 6.07) is 19.4. The molecule has 0 bridgehead atoms. The summed E-state index contributed by atoms with van der Waals surface area (Å²) in [5.74, 6) is 0.407. The summed E-state index contributed by atoms with van der Waals surface area (Å²) in [4.78, 5) is 5.00. The lowest BCUT2D eigenvalue weighted by molar-refractivity contribution is 0.0552. The summed E-state index contributed by atoms with van der Waals surface area (Å²) in [6.45, 7) is 7.19. The Hall–Kier alpha value is -3.55. The summed E-state index contributed by atoms with van der Waals surface area (Å²) < 4.78 is 10.0. The third-order valence-electron chi connectivity index (χ3n) is 7.75. The Morgan fingerprint density at radius 1 is 1.03 bits per heavy atom. The number of pyridine rings is 1. The molecule has 5 aromatic rings. The highest BCUT2D eigenvalue weighted by Crippen LogP contribution is 2.42. The Morgan fingerprint density at radius 3 is 2.46 bits per heavy atom. The molecule has 7 heteroatoms. The molecule has 1 unspecified atom stereocenters. The first-order chi connectivity index (χ1) is 17.8. The number of hydrogen-bond donors (Lipinski definition) is 1. The first kappa shape index (κ1) is 23.8. The Kier molecular flexibility index (Phi) is 5.85. The van der Waals surface area contributed by atoms with Gasteiger partial charge >= 0.3 is 0 Å². The predicted octanol–water partition coefficient (Wildman–Crippen LogP) is 5.54. The van der Waals surface area contributed by atoms with Gasteiger partial charge < -0.3 is 14.4 Å². The Balaban J connectivity index is 1.69. The lowest BCUT2D eigenvalue weighted by Gasteiger charge is -2.33. The van der Waals surface area contributed by atoms with Gasteiger partial charge in [-0.3, -0.25) is 4.98 Å². The highest BCUT2D eigenvalue weighted by atomic mass is 16.5. The normalized spacial score (nSPS) is 16.0. The van der Waals surface area contributed by atoms with Crippen molar-refractivity contribution in [3.8, 4) is 11.3 Å². The van der Waals surface area contributed by atoms with Gasteiger partial charge in [0.15, 0.2) is 0 Å². The second-order valence-electron chi connectivity index (χ2n) is 10.7. The lowest BCUT2D eigenvalue weighted by Crippen LogP contribution is -2.27. The molecule has 0 spiro atoms. The largest absolute Gasteiger partial charge is 0.386 e.